The van der Waals surface area contributed by atoms with Crippen LogP contribution in [0.1, 0.15) is 44.2 Å². The molecule has 1 aliphatic rings. The number of anilines is 2. The molecule has 3 aromatic rings. The number of carbonyl (C=O) groups excluding carboxylic acids is 1. The quantitative estimate of drug-likeness (QED) is 0.606. The Morgan fingerprint density at radius 1 is 1.06 bits per heavy atom. The van der Waals surface area contributed by atoms with Crippen LogP contribution in [0.2, 0.25) is 0 Å². The van der Waals surface area contributed by atoms with E-state index < -0.39 is 17.7 Å². The first-order valence-corrected chi connectivity index (χ1v) is 10.2. The molecule has 0 saturated carbocycles. The molecule has 1 heterocycles. The first kappa shape index (κ1) is 20.6. The van der Waals surface area contributed by atoms with Gasteiger partial charge in [-0.05, 0) is 66.9 Å². The van der Waals surface area contributed by atoms with Crippen molar-refractivity contribution < 1.29 is 19.1 Å². The van der Waals surface area contributed by atoms with Crippen LogP contribution in [0.3, 0.4) is 0 Å². The maximum atomic E-state index is 13.1. The van der Waals surface area contributed by atoms with Crippen LogP contribution in [0.25, 0.3) is 0 Å². The fourth-order valence-electron chi connectivity index (χ4n) is 4.10. The van der Waals surface area contributed by atoms with Gasteiger partial charge in [0.2, 0.25) is 0 Å². The predicted octanol–water partition coefficient (Wildman–Crippen LogP) is 5.08. The summed E-state index contributed by atoms with van der Waals surface area (Å²) < 4.78 is 13.1. The summed E-state index contributed by atoms with van der Waals surface area (Å²) >= 11 is 0. The van der Waals surface area contributed by atoms with Crippen molar-refractivity contribution in [1.82, 2.24) is 0 Å². The van der Waals surface area contributed by atoms with Crippen LogP contribution in [-0.2, 0) is 0 Å². The van der Waals surface area contributed by atoms with Gasteiger partial charge in [-0.25, -0.2) is 9.18 Å². The van der Waals surface area contributed by atoms with Gasteiger partial charge in [0.1, 0.15) is 5.82 Å². The zero-order valence-electron chi connectivity index (χ0n) is 17.1. The highest BCUT2D eigenvalue weighted by atomic mass is 19.1. The van der Waals surface area contributed by atoms with E-state index in [2.05, 4.69) is 29.3 Å². The number of carboxylic acid groups (broad SMARTS) is 1. The second-order valence-corrected chi connectivity index (χ2v) is 7.78. The third-order valence-corrected chi connectivity index (χ3v) is 5.77. The molecule has 158 valence electrons. The molecule has 6 heteroatoms. The van der Waals surface area contributed by atoms with Gasteiger partial charge in [0.25, 0.3) is 5.91 Å². The Morgan fingerprint density at radius 2 is 1.81 bits per heavy atom. The maximum Gasteiger partial charge on any atom is 0.337 e. The highest BCUT2D eigenvalue weighted by Crippen LogP contribution is 2.34. The van der Waals surface area contributed by atoms with Crippen molar-refractivity contribution in [1.29, 1.82) is 0 Å². The summed E-state index contributed by atoms with van der Waals surface area (Å²) in [6.45, 7) is 3.75. The van der Waals surface area contributed by atoms with Crippen LogP contribution < -0.4 is 10.2 Å². The number of nitrogens with one attached hydrogen (secondary N) is 1. The van der Waals surface area contributed by atoms with Gasteiger partial charge in [-0.15, -0.1) is 0 Å². The smallest absolute Gasteiger partial charge is 0.337 e. The zero-order valence-corrected chi connectivity index (χ0v) is 17.1. The van der Waals surface area contributed by atoms with Gasteiger partial charge < -0.3 is 15.3 Å². The summed E-state index contributed by atoms with van der Waals surface area (Å²) in [5.74, 6) is -1.66. The summed E-state index contributed by atoms with van der Waals surface area (Å²) in [7, 11) is 0. The van der Waals surface area contributed by atoms with Crippen LogP contribution in [-0.4, -0.2) is 30.1 Å². The van der Waals surface area contributed by atoms with Crippen LogP contribution in [0.15, 0.2) is 66.7 Å². The molecular formula is C25H23FN2O3. The monoisotopic (exact) mass is 418 g/mol. The second kappa shape index (κ2) is 8.60. The lowest BCUT2D eigenvalue weighted by atomic mass is 9.94. The lowest BCUT2D eigenvalue weighted by Gasteiger charge is -2.21. The normalized spacial score (nSPS) is 15.7. The lowest BCUT2D eigenvalue weighted by molar-refractivity contribution is 0.0698. The summed E-state index contributed by atoms with van der Waals surface area (Å²) in [6, 6.07) is 18.5. The molecule has 31 heavy (non-hydrogen) atoms. The molecule has 5 nitrogen and oxygen atoms in total. The molecule has 0 aliphatic carbocycles. The van der Waals surface area contributed by atoms with Crippen molar-refractivity contribution in [2.24, 2.45) is 0 Å². The van der Waals surface area contributed by atoms with Crippen LogP contribution in [0.4, 0.5) is 15.8 Å². The Morgan fingerprint density at radius 3 is 2.52 bits per heavy atom. The Bertz CT molecular complexity index is 1130. The highest BCUT2D eigenvalue weighted by molar-refractivity contribution is 6.08. The Kier molecular flexibility index (Phi) is 5.71. The number of hydrogen-bond acceptors (Lipinski definition) is 3. The number of halogens is 1. The van der Waals surface area contributed by atoms with Crippen LogP contribution >= 0.6 is 0 Å². The van der Waals surface area contributed by atoms with E-state index in [9.17, 15) is 19.1 Å². The molecule has 4 rings (SSSR count). The van der Waals surface area contributed by atoms with E-state index in [1.165, 1.54) is 35.4 Å². The fraction of sp³-hybridized carbons (Fsp3) is 0.200. The van der Waals surface area contributed by atoms with Gasteiger partial charge in [-0.1, -0.05) is 24.3 Å². The fourth-order valence-corrected chi connectivity index (χ4v) is 4.10. The van der Waals surface area contributed by atoms with Crippen molar-refractivity contribution in [3.8, 4) is 0 Å². The Labute approximate surface area is 180 Å². The van der Waals surface area contributed by atoms with Crippen molar-refractivity contribution in [2.45, 2.75) is 19.3 Å². The van der Waals surface area contributed by atoms with Crippen molar-refractivity contribution in [3.05, 3.63) is 94.8 Å². The van der Waals surface area contributed by atoms with Crippen molar-refractivity contribution in [3.63, 3.8) is 0 Å². The van der Waals surface area contributed by atoms with E-state index in [0.29, 0.717) is 5.92 Å². The number of carboxylic acids is 1. The van der Waals surface area contributed by atoms with Gasteiger partial charge in [-0.3, -0.25) is 4.79 Å². The standard InChI is InChI=1S/C25H23FN2O3/c1-16-4-2-3-5-21(16)18-12-13-28(15-18)20-10-11-23(22(14-20)25(30)31)27-24(29)17-6-8-19(26)9-7-17/h2-11,14,18H,12-13,15H2,1H3,(H,27,29)(H,30,31)/t18-/m0/s1. The SMILES string of the molecule is Cc1ccccc1[C@H]1CCN(c2ccc(NC(=O)c3ccc(F)cc3)c(C(=O)O)c2)C1. The molecule has 0 aromatic heterocycles. The van der Waals surface area contributed by atoms with Crippen molar-refractivity contribution in [2.75, 3.05) is 23.3 Å². The Hall–Kier alpha value is -3.67. The van der Waals surface area contributed by atoms with Crippen LogP contribution in [0.5, 0.6) is 0 Å². The second-order valence-electron chi connectivity index (χ2n) is 7.78. The number of aryl methyl sites for hydroxylation is 1. The molecule has 1 amide bonds. The van der Waals surface area contributed by atoms with E-state index in [1.807, 2.05) is 18.2 Å². The lowest BCUT2D eigenvalue weighted by Crippen LogP contribution is -2.20. The minimum absolute atomic E-state index is 0.0207. The first-order chi connectivity index (χ1) is 14.9. The van der Waals surface area contributed by atoms with E-state index in [0.717, 1.165) is 25.2 Å². The number of aromatic carboxylic acids is 1. The number of benzene rings is 3. The summed E-state index contributed by atoms with van der Waals surface area (Å²) in [6.07, 6.45) is 0.996. The van der Waals surface area contributed by atoms with Crippen molar-refractivity contribution >= 4 is 23.3 Å². The summed E-state index contributed by atoms with van der Waals surface area (Å²) in [5, 5.41) is 12.3. The van der Waals surface area contributed by atoms with E-state index in [-0.39, 0.29) is 16.8 Å². The van der Waals surface area contributed by atoms with Gasteiger partial charge in [0.15, 0.2) is 0 Å². The first-order valence-electron chi connectivity index (χ1n) is 10.2. The van der Waals surface area contributed by atoms with E-state index in [1.54, 1.807) is 12.1 Å². The number of hydrogen-bond donors (Lipinski definition) is 2. The van der Waals surface area contributed by atoms with E-state index in [4.69, 9.17) is 0 Å². The molecule has 1 fully saturated rings. The average molecular weight is 418 g/mol. The van der Waals surface area contributed by atoms with E-state index >= 15 is 0 Å². The number of nitrogens with zero attached hydrogens (tertiary/aromatic N) is 1. The molecule has 1 saturated heterocycles. The molecule has 1 atom stereocenters. The zero-order chi connectivity index (χ0) is 22.0. The minimum Gasteiger partial charge on any atom is -0.478 e. The van der Waals surface area contributed by atoms with Gasteiger partial charge >= 0.3 is 5.97 Å². The van der Waals surface area contributed by atoms with Gasteiger partial charge in [-0.2, -0.15) is 0 Å². The highest BCUT2D eigenvalue weighted by Gasteiger charge is 2.26. The van der Waals surface area contributed by atoms with Gasteiger partial charge in [0.05, 0.1) is 11.3 Å². The maximum absolute atomic E-state index is 13.1. The van der Waals surface area contributed by atoms with Crippen LogP contribution in [0, 0.1) is 12.7 Å². The molecule has 3 aromatic carbocycles. The molecule has 0 unspecified atom stereocenters. The number of rotatable bonds is 5. The van der Waals surface area contributed by atoms with Gasteiger partial charge in [0, 0.05) is 30.3 Å². The Balaban J connectivity index is 1.54. The predicted molar refractivity (Wildman–Crippen MR) is 119 cm³/mol. The minimum atomic E-state index is -1.12. The molecule has 0 spiro atoms. The average Bonchev–Trinajstić information content (AvgIpc) is 3.24. The molecule has 0 radical (unpaired) electrons. The molecule has 1 aliphatic heterocycles. The largest absolute Gasteiger partial charge is 0.478 e. The summed E-state index contributed by atoms with van der Waals surface area (Å²) in [5.41, 5.74) is 3.88. The molecule has 2 N–H and O–H groups in total. The molecular weight excluding hydrogens is 395 g/mol. The third kappa shape index (κ3) is 4.43. The number of amides is 1. The topological polar surface area (TPSA) is 69.6 Å². The summed E-state index contributed by atoms with van der Waals surface area (Å²) in [4.78, 5) is 26.5. The number of carbonyl (C=O) groups is 2. The molecule has 0 bridgehead atoms. The third-order valence-electron chi connectivity index (χ3n) is 5.77.